The van der Waals surface area contributed by atoms with Crippen LogP contribution in [0, 0.1) is 0 Å². The van der Waals surface area contributed by atoms with Crippen molar-refractivity contribution < 1.29 is 0 Å². The van der Waals surface area contributed by atoms with Crippen LogP contribution in [0.2, 0.25) is 5.02 Å². The number of benzene rings is 1. The van der Waals surface area contributed by atoms with Crippen LogP contribution in [0.5, 0.6) is 0 Å². The van der Waals surface area contributed by atoms with Crippen molar-refractivity contribution >= 4 is 11.6 Å². The van der Waals surface area contributed by atoms with E-state index in [2.05, 4.69) is 35.4 Å². The summed E-state index contributed by atoms with van der Waals surface area (Å²) in [4.78, 5) is 4.51. The molecule has 3 heteroatoms. The van der Waals surface area contributed by atoms with Crippen molar-refractivity contribution in [1.29, 1.82) is 0 Å². The summed E-state index contributed by atoms with van der Waals surface area (Å²) < 4.78 is 0. The maximum Gasteiger partial charge on any atom is 0.0422 e. The molecule has 2 nitrogen and oxygen atoms in total. The first kappa shape index (κ1) is 14.0. The number of halogens is 1. The molecule has 1 N–H and O–H groups in total. The zero-order valence-corrected chi connectivity index (χ0v) is 12.1. The lowest BCUT2D eigenvalue weighted by Gasteiger charge is -2.16. The van der Waals surface area contributed by atoms with Gasteiger partial charge in [-0.2, -0.15) is 0 Å². The van der Waals surface area contributed by atoms with Crippen LogP contribution in [0.15, 0.2) is 42.6 Å². The van der Waals surface area contributed by atoms with Crippen LogP contribution in [-0.2, 0) is 12.8 Å². The van der Waals surface area contributed by atoms with E-state index in [4.69, 9.17) is 11.6 Å². The van der Waals surface area contributed by atoms with E-state index in [1.54, 1.807) is 0 Å². The monoisotopic (exact) mass is 274 g/mol. The van der Waals surface area contributed by atoms with Crippen molar-refractivity contribution in [2.24, 2.45) is 0 Å². The molecule has 0 aliphatic carbocycles. The molecule has 0 saturated carbocycles. The second-order valence-corrected chi connectivity index (χ2v) is 5.05. The van der Waals surface area contributed by atoms with Crippen molar-refractivity contribution in [3.05, 3.63) is 64.4 Å². The molecule has 1 aromatic heterocycles. The molecule has 0 bridgehead atoms. The molecule has 19 heavy (non-hydrogen) atoms. The van der Waals surface area contributed by atoms with E-state index in [1.807, 2.05) is 31.4 Å². The summed E-state index contributed by atoms with van der Waals surface area (Å²) >= 11 is 6.05. The molecular weight excluding hydrogens is 256 g/mol. The largest absolute Gasteiger partial charge is 0.313 e. The number of hydrogen-bond acceptors (Lipinski definition) is 2. The molecule has 1 heterocycles. The van der Waals surface area contributed by atoms with Gasteiger partial charge in [-0.05, 0) is 42.8 Å². The normalized spacial score (nSPS) is 12.4. The summed E-state index contributed by atoms with van der Waals surface area (Å²) in [6.45, 7) is 2.14. The lowest BCUT2D eigenvalue weighted by molar-refractivity contribution is 0.584. The third-order valence-corrected chi connectivity index (χ3v) is 3.54. The van der Waals surface area contributed by atoms with Gasteiger partial charge in [0.1, 0.15) is 0 Å². The average Bonchev–Trinajstić information content (AvgIpc) is 2.45. The highest BCUT2D eigenvalue weighted by molar-refractivity contribution is 6.30. The first-order valence-electron chi connectivity index (χ1n) is 6.59. The predicted octanol–water partition coefficient (Wildman–Crippen LogP) is 3.80. The van der Waals surface area contributed by atoms with E-state index in [9.17, 15) is 0 Å². The van der Waals surface area contributed by atoms with Gasteiger partial charge in [-0.25, -0.2) is 0 Å². The van der Waals surface area contributed by atoms with E-state index in [1.165, 1.54) is 11.1 Å². The first-order valence-corrected chi connectivity index (χ1v) is 6.97. The van der Waals surface area contributed by atoms with Gasteiger partial charge in [-0.15, -0.1) is 0 Å². The van der Waals surface area contributed by atoms with Gasteiger partial charge in [0.25, 0.3) is 0 Å². The van der Waals surface area contributed by atoms with Gasteiger partial charge in [-0.1, -0.05) is 36.7 Å². The minimum absolute atomic E-state index is 0.235. The van der Waals surface area contributed by atoms with Crippen LogP contribution < -0.4 is 5.32 Å². The van der Waals surface area contributed by atoms with Crippen LogP contribution in [0.3, 0.4) is 0 Å². The standard InChI is InChI=1S/C16H19ClN2/c1-3-12-7-8-15(19-11-12)10-16(18-2)13-5-4-6-14(17)9-13/h4-9,11,16,18H,3,10H2,1-2H3. The second-order valence-electron chi connectivity index (χ2n) is 4.61. The Hall–Kier alpha value is -1.38. The average molecular weight is 275 g/mol. The van der Waals surface area contributed by atoms with E-state index in [-0.39, 0.29) is 6.04 Å². The number of rotatable bonds is 5. The Balaban J connectivity index is 2.14. The minimum atomic E-state index is 0.235. The van der Waals surface area contributed by atoms with E-state index < -0.39 is 0 Å². The smallest absolute Gasteiger partial charge is 0.0422 e. The highest BCUT2D eigenvalue weighted by Crippen LogP contribution is 2.20. The number of aryl methyl sites for hydroxylation is 1. The molecule has 0 fully saturated rings. The molecular formula is C16H19ClN2. The van der Waals surface area contributed by atoms with Crippen LogP contribution in [0.1, 0.15) is 29.8 Å². The second kappa shape index (κ2) is 6.69. The topological polar surface area (TPSA) is 24.9 Å². The zero-order chi connectivity index (χ0) is 13.7. The molecule has 2 aromatic rings. The van der Waals surface area contributed by atoms with Gasteiger partial charge < -0.3 is 5.32 Å². The Morgan fingerprint density at radius 3 is 2.68 bits per heavy atom. The summed E-state index contributed by atoms with van der Waals surface area (Å²) in [5.41, 5.74) is 3.56. The summed E-state index contributed by atoms with van der Waals surface area (Å²) in [6.07, 6.45) is 3.85. The molecule has 0 radical (unpaired) electrons. The number of nitrogens with one attached hydrogen (secondary N) is 1. The number of hydrogen-bond donors (Lipinski definition) is 1. The van der Waals surface area contributed by atoms with Crippen LogP contribution in [0.4, 0.5) is 0 Å². The van der Waals surface area contributed by atoms with E-state index >= 15 is 0 Å². The van der Waals surface area contributed by atoms with Crippen molar-refractivity contribution in [2.45, 2.75) is 25.8 Å². The zero-order valence-electron chi connectivity index (χ0n) is 11.4. The number of pyridine rings is 1. The van der Waals surface area contributed by atoms with Gasteiger partial charge in [0.2, 0.25) is 0 Å². The SMILES string of the molecule is CCc1ccc(CC(NC)c2cccc(Cl)c2)nc1. The third kappa shape index (κ3) is 3.79. The maximum absolute atomic E-state index is 6.05. The quantitative estimate of drug-likeness (QED) is 0.897. The van der Waals surface area contributed by atoms with Gasteiger partial charge in [-0.3, -0.25) is 4.98 Å². The summed E-state index contributed by atoms with van der Waals surface area (Å²) in [7, 11) is 1.96. The molecule has 0 amide bonds. The molecule has 0 aliphatic heterocycles. The van der Waals surface area contributed by atoms with Gasteiger partial charge >= 0.3 is 0 Å². The summed E-state index contributed by atoms with van der Waals surface area (Å²) in [5.74, 6) is 0. The molecule has 0 spiro atoms. The van der Waals surface area contributed by atoms with Crippen LogP contribution in [0.25, 0.3) is 0 Å². The van der Waals surface area contributed by atoms with E-state index in [0.29, 0.717) is 0 Å². The Kier molecular flexibility index (Phi) is 4.94. The number of aromatic nitrogens is 1. The number of nitrogens with zero attached hydrogens (tertiary/aromatic N) is 1. The molecule has 2 rings (SSSR count). The highest BCUT2D eigenvalue weighted by Gasteiger charge is 2.11. The van der Waals surface area contributed by atoms with E-state index in [0.717, 1.165) is 23.6 Å². The molecule has 1 aromatic carbocycles. The van der Waals surface area contributed by atoms with Crippen molar-refractivity contribution in [1.82, 2.24) is 10.3 Å². The predicted molar refractivity (Wildman–Crippen MR) is 80.6 cm³/mol. The van der Waals surface area contributed by atoms with Gasteiger partial charge in [0.15, 0.2) is 0 Å². The fourth-order valence-corrected chi connectivity index (χ4v) is 2.30. The van der Waals surface area contributed by atoms with Crippen molar-refractivity contribution in [2.75, 3.05) is 7.05 Å². The van der Waals surface area contributed by atoms with Gasteiger partial charge in [0, 0.05) is 29.4 Å². The van der Waals surface area contributed by atoms with Gasteiger partial charge in [0.05, 0.1) is 0 Å². The fourth-order valence-electron chi connectivity index (χ4n) is 2.10. The third-order valence-electron chi connectivity index (χ3n) is 3.31. The molecule has 0 saturated heterocycles. The van der Waals surface area contributed by atoms with Crippen molar-refractivity contribution in [3.8, 4) is 0 Å². The fraction of sp³-hybridized carbons (Fsp3) is 0.312. The van der Waals surface area contributed by atoms with Crippen molar-refractivity contribution in [3.63, 3.8) is 0 Å². The summed E-state index contributed by atoms with van der Waals surface area (Å²) in [6, 6.07) is 12.5. The minimum Gasteiger partial charge on any atom is -0.313 e. The maximum atomic E-state index is 6.05. The lowest BCUT2D eigenvalue weighted by Crippen LogP contribution is -2.19. The summed E-state index contributed by atoms with van der Waals surface area (Å²) in [5, 5.41) is 4.09. The molecule has 1 unspecified atom stereocenters. The number of likely N-dealkylation sites (N-methyl/N-ethyl adjacent to an activating group) is 1. The molecule has 1 atom stereocenters. The van der Waals surface area contributed by atoms with Crippen LogP contribution >= 0.6 is 11.6 Å². The van der Waals surface area contributed by atoms with Crippen LogP contribution in [-0.4, -0.2) is 12.0 Å². The Morgan fingerprint density at radius 2 is 2.11 bits per heavy atom. The molecule has 0 aliphatic rings. The highest BCUT2D eigenvalue weighted by atomic mass is 35.5. The Bertz CT molecular complexity index is 523. The Morgan fingerprint density at radius 1 is 1.26 bits per heavy atom. The first-order chi connectivity index (χ1) is 9.22. The molecule has 100 valence electrons. The lowest BCUT2D eigenvalue weighted by atomic mass is 10.0. The Labute approximate surface area is 119 Å².